The molecule has 0 saturated heterocycles. The molecule has 1 atom stereocenters. The summed E-state index contributed by atoms with van der Waals surface area (Å²) >= 11 is 0. The number of primary amides is 1. The molecule has 1 aromatic heterocycles. The van der Waals surface area contributed by atoms with Crippen LogP contribution in [0.1, 0.15) is 29.0 Å². The van der Waals surface area contributed by atoms with Gasteiger partial charge in [-0.05, 0) is 53.6 Å². The molecule has 0 aliphatic heterocycles. The highest BCUT2D eigenvalue weighted by Gasteiger charge is 2.27. The summed E-state index contributed by atoms with van der Waals surface area (Å²) in [4.78, 5) is 43.8. The lowest BCUT2D eigenvalue weighted by atomic mass is 9.89. The number of nitrogens with two attached hydrogens (primary N) is 2. The fourth-order valence-electron chi connectivity index (χ4n) is 4.32. The number of aromatic nitrogens is 2. The Bertz CT molecular complexity index is 1680. The van der Waals surface area contributed by atoms with Crippen LogP contribution in [0.25, 0.3) is 33.5 Å². The summed E-state index contributed by atoms with van der Waals surface area (Å²) in [7, 11) is 1.48. The standard InChI is InChI=1S/C27H26N6O7/c1-33(27(30)40)11-12-2-5-21(34)16(6-12)17-7-14(15(26(38)39)10-22(35)36)8-18(23(17)37)25-31-19-4-3-13(24(28)29)9-20(19)32-25/h2-9,15,34,37H,10-11H2,1H3,(H3,28,29)(H2,30,40)(H,31,32)(H,35,36)(H,38,39). The second kappa shape index (κ2) is 10.6. The monoisotopic (exact) mass is 546 g/mol. The number of phenols is 2. The molecule has 0 bridgehead atoms. The van der Waals surface area contributed by atoms with Crippen LogP contribution in [0.2, 0.25) is 0 Å². The Kier molecular flexibility index (Phi) is 7.31. The molecule has 0 fully saturated rings. The topological polar surface area (TPSA) is 240 Å². The Labute approximate surface area is 226 Å². The van der Waals surface area contributed by atoms with Crippen molar-refractivity contribution in [2.45, 2.75) is 18.9 Å². The molecule has 40 heavy (non-hydrogen) atoms. The number of amides is 2. The fourth-order valence-corrected chi connectivity index (χ4v) is 4.32. The number of nitrogens with one attached hydrogen (secondary N) is 2. The number of rotatable bonds is 9. The molecule has 13 heteroatoms. The normalized spacial score (nSPS) is 11.7. The molecule has 3 aromatic carbocycles. The summed E-state index contributed by atoms with van der Waals surface area (Å²) in [6.07, 6.45) is -0.740. The number of aromatic hydroxyl groups is 2. The van der Waals surface area contributed by atoms with E-state index >= 15 is 0 Å². The van der Waals surface area contributed by atoms with Crippen LogP contribution >= 0.6 is 0 Å². The molecular weight excluding hydrogens is 520 g/mol. The number of urea groups is 1. The number of carbonyl (C=O) groups is 3. The van der Waals surface area contributed by atoms with Gasteiger partial charge in [0.2, 0.25) is 0 Å². The van der Waals surface area contributed by atoms with E-state index in [0.29, 0.717) is 22.2 Å². The Morgan fingerprint density at radius 3 is 2.33 bits per heavy atom. The maximum atomic E-state index is 12.1. The number of aliphatic carboxylic acids is 2. The number of carbonyl (C=O) groups excluding carboxylic acids is 1. The second-order valence-corrected chi connectivity index (χ2v) is 9.23. The Morgan fingerprint density at radius 1 is 1.00 bits per heavy atom. The van der Waals surface area contributed by atoms with Gasteiger partial charge < -0.3 is 41.8 Å². The number of nitrogen functional groups attached to an aromatic ring is 1. The van der Waals surface area contributed by atoms with Crippen molar-refractivity contribution in [2.75, 3.05) is 7.05 Å². The quantitative estimate of drug-likeness (QED) is 0.113. The van der Waals surface area contributed by atoms with Crippen LogP contribution in [0.3, 0.4) is 0 Å². The summed E-state index contributed by atoms with van der Waals surface area (Å²) in [5.74, 6) is -4.91. The summed E-state index contributed by atoms with van der Waals surface area (Å²) in [5, 5.41) is 49.0. The van der Waals surface area contributed by atoms with Crippen molar-refractivity contribution in [2.24, 2.45) is 11.5 Å². The third-order valence-electron chi connectivity index (χ3n) is 6.41. The number of carboxylic acid groups (broad SMARTS) is 2. The molecule has 206 valence electrons. The maximum Gasteiger partial charge on any atom is 0.314 e. The highest BCUT2D eigenvalue weighted by molar-refractivity contribution is 5.98. The third kappa shape index (κ3) is 5.48. The van der Waals surface area contributed by atoms with Gasteiger partial charge in [-0.1, -0.05) is 6.07 Å². The molecule has 2 amide bonds. The van der Waals surface area contributed by atoms with E-state index in [9.17, 15) is 34.8 Å². The number of hydrogen-bond acceptors (Lipinski definition) is 7. The Balaban J connectivity index is 1.96. The zero-order valence-corrected chi connectivity index (χ0v) is 21.2. The Morgan fingerprint density at radius 2 is 1.70 bits per heavy atom. The van der Waals surface area contributed by atoms with E-state index in [1.807, 2.05) is 0 Å². The van der Waals surface area contributed by atoms with E-state index in [1.54, 1.807) is 24.3 Å². The predicted octanol–water partition coefficient (Wildman–Crippen LogP) is 2.75. The van der Waals surface area contributed by atoms with Crippen LogP contribution < -0.4 is 11.5 Å². The SMILES string of the molecule is CN(Cc1ccc(O)c(-c2cc(C(CC(=O)O)C(=O)O)cc(-c3nc4ccc(C(=N)N)cc4[nH]3)c2O)c1)C(N)=O. The minimum absolute atomic E-state index is 0.00935. The van der Waals surface area contributed by atoms with Gasteiger partial charge in [0.15, 0.2) is 0 Å². The highest BCUT2D eigenvalue weighted by atomic mass is 16.4. The molecule has 13 nitrogen and oxygen atoms in total. The molecule has 1 heterocycles. The van der Waals surface area contributed by atoms with Gasteiger partial charge in [0.1, 0.15) is 23.2 Å². The van der Waals surface area contributed by atoms with Crippen LogP contribution in [0.15, 0.2) is 48.5 Å². The summed E-state index contributed by atoms with van der Waals surface area (Å²) in [6.45, 7) is 0.0781. The van der Waals surface area contributed by atoms with Gasteiger partial charge in [-0.25, -0.2) is 9.78 Å². The molecule has 1 unspecified atom stereocenters. The molecular formula is C27H26N6O7. The fraction of sp³-hybridized carbons (Fsp3) is 0.148. The van der Waals surface area contributed by atoms with Gasteiger partial charge in [0.05, 0.1) is 28.9 Å². The summed E-state index contributed by atoms with van der Waals surface area (Å²) in [6, 6.07) is 11.1. The molecule has 10 N–H and O–H groups in total. The van der Waals surface area contributed by atoms with Gasteiger partial charge in [-0.15, -0.1) is 0 Å². The van der Waals surface area contributed by atoms with Crippen LogP contribution in [0.5, 0.6) is 11.5 Å². The lowest BCUT2D eigenvalue weighted by Crippen LogP contribution is -2.31. The van der Waals surface area contributed by atoms with Gasteiger partial charge in [0.25, 0.3) is 0 Å². The summed E-state index contributed by atoms with van der Waals surface area (Å²) in [5.41, 5.74) is 13.0. The average Bonchev–Trinajstić information content (AvgIpc) is 3.31. The van der Waals surface area contributed by atoms with Crippen molar-refractivity contribution in [3.05, 3.63) is 65.2 Å². The first kappa shape index (κ1) is 27.4. The number of benzene rings is 3. The number of phenolic OH excluding ortho intramolecular Hbond substituents is 2. The first-order chi connectivity index (χ1) is 18.8. The number of amidine groups is 1. The number of imidazole rings is 1. The second-order valence-electron chi connectivity index (χ2n) is 9.23. The zero-order valence-electron chi connectivity index (χ0n) is 21.2. The van der Waals surface area contributed by atoms with Crippen molar-refractivity contribution in [1.82, 2.24) is 14.9 Å². The predicted molar refractivity (Wildman–Crippen MR) is 145 cm³/mol. The van der Waals surface area contributed by atoms with Crippen molar-refractivity contribution in [1.29, 1.82) is 5.41 Å². The molecule has 0 aliphatic carbocycles. The number of H-pyrrole nitrogens is 1. The van der Waals surface area contributed by atoms with Crippen molar-refractivity contribution >= 4 is 34.8 Å². The van der Waals surface area contributed by atoms with Crippen LogP contribution in [-0.4, -0.2) is 66.1 Å². The molecule has 0 saturated carbocycles. The first-order valence-corrected chi connectivity index (χ1v) is 11.8. The highest BCUT2D eigenvalue weighted by Crippen LogP contribution is 2.44. The van der Waals surface area contributed by atoms with E-state index < -0.39 is 30.3 Å². The number of fused-ring (bicyclic) bond motifs is 1. The number of aromatic amines is 1. The van der Waals surface area contributed by atoms with Crippen molar-refractivity contribution < 1.29 is 34.8 Å². The van der Waals surface area contributed by atoms with Crippen LogP contribution in [0, 0.1) is 5.41 Å². The molecule has 4 rings (SSSR count). The van der Waals surface area contributed by atoms with E-state index in [2.05, 4.69) is 9.97 Å². The molecule has 4 aromatic rings. The van der Waals surface area contributed by atoms with Crippen LogP contribution in [-0.2, 0) is 16.1 Å². The largest absolute Gasteiger partial charge is 0.507 e. The minimum atomic E-state index is -1.49. The van der Waals surface area contributed by atoms with Crippen molar-refractivity contribution in [3.63, 3.8) is 0 Å². The Hall–Kier alpha value is -5.59. The lowest BCUT2D eigenvalue weighted by molar-refractivity contribution is -0.145. The van der Waals surface area contributed by atoms with E-state index in [-0.39, 0.29) is 52.0 Å². The first-order valence-electron chi connectivity index (χ1n) is 11.8. The van der Waals surface area contributed by atoms with E-state index in [4.69, 9.17) is 16.9 Å². The van der Waals surface area contributed by atoms with Gasteiger partial charge in [-0.2, -0.15) is 0 Å². The molecule has 0 radical (unpaired) electrons. The third-order valence-corrected chi connectivity index (χ3v) is 6.41. The number of hydrogen-bond donors (Lipinski definition) is 8. The van der Waals surface area contributed by atoms with E-state index in [1.165, 1.54) is 36.2 Å². The van der Waals surface area contributed by atoms with Crippen molar-refractivity contribution in [3.8, 4) is 34.0 Å². The average molecular weight is 547 g/mol. The minimum Gasteiger partial charge on any atom is -0.507 e. The van der Waals surface area contributed by atoms with Gasteiger partial charge >= 0.3 is 18.0 Å². The summed E-state index contributed by atoms with van der Waals surface area (Å²) < 4.78 is 0. The molecule has 0 aliphatic rings. The van der Waals surface area contributed by atoms with Gasteiger partial charge in [0, 0.05) is 30.3 Å². The lowest BCUT2D eigenvalue weighted by Gasteiger charge is -2.18. The van der Waals surface area contributed by atoms with Gasteiger partial charge in [-0.3, -0.25) is 15.0 Å². The smallest absolute Gasteiger partial charge is 0.314 e. The maximum absolute atomic E-state index is 12.1. The van der Waals surface area contributed by atoms with Crippen LogP contribution in [0.4, 0.5) is 4.79 Å². The number of nitrogens with zero attached hydrogens (tertiary/aromatic N) is 2. The molecule has 0 spiro atoms. The van der Waals surface area contributed by atoms with E-state index in [0.717, 1.165) is 0 Å². The zero-order chi connectivity index (χ0) is 29.3. The number of carboxylic acids is 2.